The fraction of sp³-hybridized carbons (Fsp3) is 1.00. The van der Waals surface area contributed by atoms with Crippen LogP contribution in [0.5, 0.6) is 0 Å². The molecule has 2 nitrogen and oxygen atoms in total. The van der Waals surface area contributed by atoms with E-state index in [0.29, 0.717) is 0 Å². The molecule has 2 heteroatoms. The van der Waals surface area contributed by atoms with E-state index in [2.05, 4.69) is 24.2 Å². The summed E-state index contributed by atoms with van der Waals surface area (Å²) in [6, 6.07) is 2.64. The molecule has 116 valence electrons. The third-order valence-corrected chi connectivity index (χ3v) is 6.43. The van der Waals surface area contributed by atoms with Crippen LogP contribution < -0.4 is 5.32 Å². The molecule has 2 unspecified atom stereocenters. The van der Waals surface area contributed by atoms with Gasteiger partial charge in [0.1, 0.15) is 0 Å². The Labute approximate surface area is 125 Å². The molecule has 1 saturated carbocycles. The van der Waals surface area contributed by atoms with Crippen LogP contribution in [0.25, 0.3) is 0 Å². The molecule has 0 radical (unpaired) electrons. The Morgan fingerprint density at radius 1 is 0.900 bits per heavy atom. The molecule has 3 rings (SSSR count). The van der Waals surface area contributed by atoms with Gasteiger partial charge in [-0.15, -0.1) is 0 Å². The van der Waals surface area contributed by atoms with Crippen molar-refractivity contribution in [3.8, 4) is 0 Å². The number of fused-ring (bicyclic) bond motifs is 2. The number of hydrogen-bond donors (Lipinski definition) is 1. The van der Waals surface area contributed by atoms with Crippen LogP contribution in [0.1, 0.15) is 71.1 Å². The molecule has 2 saturated heterocycles. The maximum atomic E-state index is 3.92. The molecule has 0 aromatic heterocycles. The van der Waals surface area contributed by atoms with Crippen LogP contribution in [0.4, 0.5) is 0 Å². The molecule has 0 amide bonds. The first-order valence-electron chi connectivity index (χ1n) is 9.21. The Morgan fingerprint density at radius 3 is 2.15 bits per heavy atom. The minimum atomic E-state index is 0.834. The van der Waals surface area contributed by atoms with Crippen LogP contribution in [0.15, 0.2) is 0 Å². The normalized spacial score (nSPS) is 42.0. The lowest BCUT2D eigenvalue weighted by Crippen LogP contribution is -2.44. The van der Waals surface area contributed by atoms with Gasteiger partial charge in [0.25, 0.3) is 0 Å². The van der Waals surface area contributed by atoms with Gasteiger partial charge in [0.2, 0.25) is 0 Å². The van der Waals surface area contributed by atoms with Gasteiger partial charge in [0.15, 0.2) is 0 Å². The molecule has 1 N–H and O–H groups in total. The van der Waals surface area contributed by atoms with Crippen LogP contribution in [0.2, 0.25) is 0 Å². The highest BCUT2D eigenvalue weighted by molar-refractivity contribution is 4.94. The van der Waals surface area contributed by atoms with Gasteiger partial charge in [0, 0.05) is 18.1 Å². The van der Waals surface area contributed by atoms with E-state index in [1.54, 1.807) is 0 Å². The SMILES string of the molecule is CCCC1CCC(NCC2CC3CCC(C2)N3C)CC1. The van der Waals surface area contributed by atoms with Crippen molar-refractivity contribution in [1.29, 1.82) is 0 Å². The first-order chi connectivity index (χ1) is 9.76. The molecule has 0 aromatic carbocycles. The van der Waals surface area contributed by atoms with Crippen molar-refractivity contribution < 1.29 is 0 Å². The molecule has 0 spiro atoms. The van der Waals surface area contributed by atoms with Crippen LogP contribution in [-0.4, -0.2) is 36.6 Å². The summed E-state index contributed by atoms with van der Waals surface area (Å²) in [6.45, 7) is 3.63. The molecule has 3 aliphatic rings. The van der Waals surface area contributed by atoms with Crippen molar-refractivity contribution in [2.75, 3.05) is 13.6 Å². The van der Waals surface area contributed by atoms with Gasteiger partial charge in [-0.25, -0.2) is 0 Å². The Hall–Kier alpha value is -0.0800. The largest absolute Gasteiger partial charge is 0.314 e. The molecule has 2 bridgehead atoms. The van der Waals surface area contributed by atoms with Crippen molar-refractivity contribution >= 4 is 0 Å². The second-order valence-corrected chi connectivity index (χ2v) is 7.80. The summed E-state index contributed by atoms with van der Waals surface area (Å²) in [7, 11) is 2.35. The molecule has 3 fully saturated rings. The van der Waals surface area contributed by atoms with Gasteiger partial charge in [-0.1, -0.05) is 19.8 Å². The van der Waals surface area contributed by atoms with Crippen LogP contribution in [0, 0.1) is 11.8 Å². The maximum Gasteiger partial charge on any atom is 0.00988 e. The molecule has 1 aliphatic carbocycles. The Morgan fingerprint density at radius 2 is 1.55 bits per heavy atom. The standard InChI is InChI=1S/C18H34N2/c1-3-4-14-5-7-16(8-6-14)19-13-15-11-17-9-10-18(12-15)20(17)2/h14-19H,3-13H2,1-2H3. The second-order valence-electron chi connectivity index (χ2n) is 7.80. The summed E-state index contributed by atoms with van der Waals surface area (Å²) in [5, 5.41) is 3.92. The van der Waals surface area contributed by atoms with E-state index < -0.39 is 0 Å². The van der Waals surface area contributed by atoms with E-state index in [9.17, 15) is 0 Å². The lowest BCUT2D eigenvalue weighted by atomic mass is 9.83. The minimum absolute atomic E-state index is 0.834. The molecular weight excluding hydrogens is 244 g/mol. The van der Waals surface area contributed by atoms with Crippen molar-refractivity contribution in [1.82, 2.24) is 10.2 Å². The Balaban J connectivity index is 1.36. The molecule has 2 heterocycles. The van der Waals surface area contributed by atoms with Gasteiger partial charge in [0.05, 0.1) is 0 Å². The van der Waals surface area contributed by atoms with Crippen molar-refractivity contribution in [2.45, 2.75) is 89.3 Å². The topological polar surface area (TPSA) is 15.3 Å². The second kappa shape index (κ2) is 6.79. The van der Waals surface area contributed by atoms with Gasteiger partial charge < -0.3 is 10.2 Å². The number of rotatable bonds is 5. The first-order valence-corrected chi connectivity index (χ1v) is 9.21. The lowest BCUT2D eigenvalue weighted by molar-refractivity contribution is 0.129. The third-order valence-electron chi connectivity index (χ3n) is 6.43. The first kappa shape index (κ1) is 14.8. The van der Waals surface area contributed by atoms with Crippen molar-refractivity contribution in [3.05, 3.63) is 0 Å². The van der Waals surface area contributed by atoms with Crippen LogP contribution in [0.3, 0.4) is 0 Å². The van der Waals surface area contributed by atoms with E-state index >= 15 is 0 Å². The summed E-state index contributed by atoms with van der Waals surface area (Å²) in [5.74, 6) is 1.99. The Bertz CT molecular complexity index is 282. The smallest absolute Gasteiger partial charge is 0.00988 e. The van der Waals surface area contributed by atoms with Crippen LogP contribution >= 0.6 is 0 Å². The fourth-order valence-corrected chi connectivity index (χ4v) is 5.09. The van der Waals surface area contributed by atoms with E-state index in [4.69, 9.17) is 0 Å². The lowest BCUT2D eigenvalue weighted by Gasteiger charge is -2.37. The number of hydrogen-bond acceptors (Lipinski definition) is 2. The van der Waals surface area contributed by atoms with E-state index in [1.807, 2.05) is 0 Å². The summed E-state index contributed by atoms with van der Waals surface area (Å²) in [6.07, 6.45) is 14.5. The number of piperidine rings is 1. The van der Waals surface area contributed by atoms with Gasteiger partial charge in [-0.3, -0.25) is 0 Å². The van der Waals surface area contributed by atoms with E-state index in [1.165, 1.54) is 70.8 Å². The molecule has 2 atom stereocenters. The predicted octanol–water partition coefficient (Wildman–Crippen LogP) is 3.81. The minimum Gasteiger partial charge on any atom is -0.314 e. The Kier molecular flexibility index (Phi) is 5.04. The summed E-state index contributed by atoms with van der Waals surface area (Å²) < 4.78 is 0. The van der Waals surface area contributed by atoms with Crippen molar-refractivity contribution in [2.24, 2.45) is 11.8 Å². The molecule has 20 heavy (non-hydrogen) atoms. The zero-order valence-corrected chi connectivity index (χ0v) is 13.6. The highest BCUT2D eigenvalue weighted by atomic mass is 15.2. The molecule has 2 aliphatic heterocycles. The van der Waals surface area contributed by atoms with E-state index in [-0.39, 0.29) is 0 Å². The summed E-state index contributed by atoms with van der Waals surface area (Å²) in [5.41, 5.74) is 0. The summed E-state index contributed by atoms with van der Waals surface area (Å²) >= 11 is 0. The third kappa shape index (κ3) is 3.39. The molecule has 0 aromatic rings. The van der Waals surface area contributed by atoms with Gasteiger partial charge >= 0.3 is 0 Å². The highest BCUT2D eigenvalue weighted by Gasteiger charge is 2.38. The average molecular weight is 278 g/mol. The maximum absolute atomic E-state index is 3.92. The monoisotopic (exact) mass is 278 g/mol. The fourth-order valence-electron chi connectivity index (χ4n) is 5.09. The van der Waals surface area contributed by atoms with E-state index in [0.717, 1.165) is 30.0 Å². The molecular formula is C18H34N2. The predicted molar refractivity (Wildman–Crippen MR) is 86.0 cm³/mol. The van der Waals surface area contributed by atoms with Crippen molar-refractivity contribution in [3.63, 3.8) is 0 Å². The highest BCUT2D eigenvalue weighted by Crippen LogP contribution is 2.37. The summed E-state index contributed by atoms with van der Waals surface area (Å²) in [4.78, 5) is 2.66. The van der Waals surface area contributed by atoms with Gasteiger partial charge in [-0.05, 0) is 76.8 Å². The van der Waals surface area contributed by atoms with Gasteiger partial charge in [-0.2, -0.15) is 0 Å². The number of nitrogens with one attached hydrogen (secondary N) is 1. The average Bonchev–Trinajstić information content (AvgIpc) is 2.69. The van der Waals surface area contributed by atoms with Crippen LogP contribution in [-0.2, 0) is 0 Å². The zero-order valence-electron chi connectivity index (χ0n) is 13.6. The zero-order chi connectivity index (χ0) is 13.9. The number of nitrogens with zero attached hydrogens (tertiary/aromatic N) is 1. The quantitative estimate of drug-likeness (QED) is 0.822.